The van der Waals surface area contributed by atoms with Crippen molar-refractivity contribution in [1.82, 2.24) is 0 Å². The summed E-state index contributed by atoms with van der Waals surface area (Å²) < 4.78 is 30.7. The summed E-state index contributed by atoms with van der Waals surface area (Å²) in [5.41, 5.74) is 0. The van der Waals surface area contributed by atoms with E-state index < -0.39 is 5.82 Å². The van der Waals surface area contributed by atoms with Gasteiger partial charge in [-0.15, -0.1) is 34.9 Å². The van der Waals surface area contributed by atoms with E-state index in [4.69, 9.17) is 14.2 Å². The van der Waals surface area contributed by atoms with E-state index in [2.05, 4.69) is 0 Å². The fourth-order valence-corrected chi connectivity index (χ4v) is 7.83. The third-order valence-corrected chi connectivity index (χ3v) is 9.30. The molecule has 0 amide bonds. The lowest BCUT2D eigenvalue weighted by Crippen LogP contribution is -2.23. The first kappa shape index (κ1) is 19.6. The molecule has 1 aromatic carbocycles. The first-order valence-electron chi connectivity index (χ1n) is 8.24. The Bertz CT molecular complexity index is 799. The first-order chi connectivity index (χ1) is 12.5. The van der Waals surface area contributed by atoms with Gasteiger partial charge in [-0.2, -0.15) is 0 Å². The zero-order valence-corrected chi connectivity index (χ0v) is 17.4. The van der Waals surface area contributed by atoms with Gasteiger partial charge in [-0.1, -0.05) is 0 Å². The second-order valence-electron chi connectivity index (χ2n) is 5.83. The van der Waals surface area contributed by atoms with E-state index >= 15 is 0 Å². The summed E-state index contributed by atoms with van der Waals surface area (Å²) in [6, 6.07) is 3.72. The average molecular weight is 417 g/mol. The number of methoxy groups -OCH3 is 3. The number of hydrogen-bond acceptors (Lipinski definition) is 7. The number of benzene rings is 1. The topological polar surface area (TPSA) is 44.8 Å². The highest BCUT2D eigenvalue weighted by Gasteiger charge is 2.38. The van der Waals surface area contributed by atoms with Crippen LogP contribution in [0.15, 0.2) is 12.1 Å². The largest absolute Gasteiger partial charge is 0.493 e. The van der Waals surface area contributed by atoms with Gasteiger partial charge < -0.3 is 14.2 Å². The summed E-state index contributed by atoms with van der Waals surface area (Å²) >= 11 is 5.23. The van der Waals surface area contributed by atoms with Crippen LogP contribution >= 0.6 is 34.9 Å². The van der Waals surface area contributed by atoms with Crippen molar-refractivity contribution in [3.05, 3.63) is 22.8 Å². The maximum atomic E-state index is 14.9. The van der Waals surface area contributed by atoms with Crippen LogP contribution in [-0.4, -0.2) is 38.8 Å². The molecule has 1 fully saturated rings. The van der Waals surface area contributed by atoms with Crippen LogP contribution in [0.5, 0.6) is 11.5 Å². The minimum atomic E-state index is -0.404. The van der Waals surface area contributed by atoms with Crippen LogP contribution in [0.3, 0.4) is 0 Å². The molecule has 4 nitrogen and oxygen atoms in total. The Labute approximate surface area is 164 Å². The van der Waals surface area contributed by atoms with Gasteiger partial charge in [0.1, 0.15) is 0 Å². The van der Waals surface area contributed by atoms with Crippen LogP contribution in [0.25, 0.3) is 10.1 Å². The molecule has 1 saturated heterocycles. The van der Waals surface area contributed by atoms with Crippen LogP contribution in [-0.2, 0) is 13.6 Å². The Kier molecular flexibility index (Phi) is 6.25. The lowest BCUT2D eigenvalue weighted by molar-refractivity contribution is -0.140. The molecule has 0 saturated carbocycles. The molecule has 2 heterocycles. The van der Waals surface area contributed by atoms with E-state index in [-0.39, 0.29) is 15.8 Å². The number of rotatable bonds is 6. The Hall–Kier alpha value is -1.12. The van der Waals surface area contributed by atoms with E-state index in [1.165, 1.54) is 21.3 Å². The summed E-state index contributed by atoms with van der Waals surface area (Å²) in [6.45, 7) is 0. The molecular formula is C18H21FO4S3. The summed E-state index contributed by atoms with van der Waals surface area (Å²) in [6.07, 6.45) is 2.15. The first-order valence-corrected chi connectivity index (χ1v) is 11.0. The van der Waals surface area contributed by atoms with Gasteiger partial charge in [-0.05, 0) is 30.4 Å². The molecule has 26 heavy (non-hydrogen) atoms. The van der Waals surface area contributed by atoms with Gasteiger partial charge in [0.15, 0.2) is 17.3 Å². The van der Waals surface area contributed by atoms with E-state index in [0.29, 0.717) is 24.0 Å². The zero-order chi connectivity index (χ0) is 18.7. The highest BCUT2D eigenvalue weighted by molar-refractivity contribution is 8.18. The molecule has 0 unspecified atom stereocenters. The van der Waals surface area contributed by atoms with Crippen molar-refractivity contribution in [3.63, 3.8) is 0 Å². The predicted octanol–water partition coefficient (Wildman–Crippen LogP) is 5.03. The van der Waals surface area contributed by atoms with Crippen molar-refractivity contribution in [1.29, 1.82) is 0 Å². The third-order valence-electron chi connectivity index (χ3n) is 4.33. The molecule has 1 aromatic heterocycles. The van der Waals surface area contributed by atoms with E-state index in [9.17, 15) is 9.18 Å². The molecule has 0 aliphatic carbocycles. The van der Waals surface area contributed by atoms with E-state index in [1.54, 1.807) is 11.3 Å². The molecule has 1 aliphatic rings. The van der Waals surface area contributed by atoms with Gasteiger partial charge in [0, 0.05) is 27.5 Å². The second-order valence-corrected chi connectivity index (χ2v) is 9.96. The number of carbonyl (C=O) groups excluding carboxylic acids is 1. The molecule has 8 heteroatoms. The molecule has 142 valence electrons. The number of fused-ring (bicyclic) bond motifs is 1. The molecule has 0 bridgehead atoms. The van der Waals surface area contributed by atoms with Crippen LogP contribution in [0.2, 0.25) is 0 Å². The molecule has 0 N–H and O–H groups in total. The van der Waals surface area contributed by atoms with E-state index in [0.717, 1.165) is 27.5 Å². The fourth-order valence-electron chi connectivity index (χ4n) is 2.98. The quantitative estimate of drug-likeness (QED) is 0.615. The smallest absolute Gasteiger partial charge is 0.305 e. The van der Waals surface area contributed by atoms with Crippen molar-refractivity contribution >= 4 is 50.9 Å². The SMILES string of the molecule is COC(=O)CCC1(c2cc3c(F)c(OC)c(OC)cc3s2)SCCCS1. The van der Waals surface area contributed by atoms with Crippen LogP contribution in [0.4, 0.5) is 4.39 Å². The Morgan fingerprint density at radius 2 is 1.92 bits per heavy atom. The molecule has 1 aliphatic heterocycles. The molecular weight excluding hydrogens is 395 g/mol. The van der Waals surface area contributed by atoms with Crippen LogP contribution in [0.1, 0.15) is 24.1 Å². The highest BCUT2D eigenvalue weighted by atomic mass is 32.2. The number of ether oxygens (including phenoxy) is 3. The molecule has 2 aromatic rings. The van der Waals surface area contributed by atoms with Crippen LogP contribution in [0, 0.1) is 5.82 Å². The van der Waals surface area contributed by atoms with Crippen molar-refractivity contribution in [2.24, 2.45) is 0 Å². The molecule has 0 spiro atoms. The van der Waals surface area contributed by atoms with Gasteiger partial charge in [0.05, 0.1) is 25.4 Å². The predicted molar refractivity (Wildman–Crippen MR) is 107 cm³/mol. The summed E-state index contributed by atoms with van der Waals surface area (Å²) in [5, 5.41) is 0.534. The number of halogens is 1. The molecule has 3 rings (SSSR count). The van der Waals surface area contributed by atoms with Crippen molar-refractivity contribution in [2.45, 2.75) is 23.3 Å². The number of hydrogen-bond donors (Lipinski definition) is 0. The monoisotopic (exact) mass is 416 g/mol. The lowest BCUT2D eigenvalue weighted by Gasteiger charge is -2.35. The normalized spacial score (nSPS) is 16.5. The van der Waals surface area contributed by atoms with Gasteiger partial charge in [-0.3, -0.25) is 4.79 Å². The summed E-state index contributed by atoms with van der Waals surface area (Å²) in [4.78, 5) is 12.8. The lowest BCUT2D eigenvalue weighted by atomic mass is 10.1. The van der Waals surface area contributed by atoms with Gasteiger partial charge >= 0.3 is 5.97 Å². The van der Waals surface area contributed by atoms with Gasteiger partial charge in [-0.25, -0.2) is 4.39 Å². The molecule has 0 atom stereocenters. The third kappa shape index (κ3) is 3.64. The second kappa shape index (κ2) is 8.27. The number of thioether (sulfide) groups is 2. The van der Waals surface area contributed by atoms with E-state index in [1.807, 2.05) is 35.7 Å². The Morgan fingerprint density at radius 1 is 1.19 bits per heavy atom. The maximum Gasteiger partial charge on any atom is 0.305 e. The van der Waals surface area contributed by atoms with Gasteiger partial charge in [0.2, 0.25) is 0 Å². The van der Waals surface area contributed by atoms with Crippen molar-refractivity contribution in [3.8, 4) is 11.5 Å². The summed E-state index contributed by atoms with van der Waals surface area (Å²) in [5.74, 6) is 1.94. The Balaban J connectivity index is 2.05. The number of carbonyl (C=O) groups is 1. The standard InChI is InChI=1S/C18H21FO4S3/c1-21-12-10-13-11(16(19)17(12)23-3)9-14(26-13)18(6-5-15(20)22-2)24-7-4-8-25-18/h9-10H,4-8H2,1-3H3. The average Bonchev–Trinajstić information content (AvgIpc) is 3.11. The van der Waals surface area contributed by atoms with Crippen molar-refractivity contribution in [2.75, 3.05) is 32.8 Å². The fraction of sp³-hybridized carbons (Fsp3) is 0.500. The number of thiophene rings is 1. The minimum Gasteiger partial charge on any atom is -0.493 e. The maximum absolute atomic E-state index is 14.9. The summed E-state index contributed by atoms with van der Waals surface area (Å²) in [7, 11) is 4.34. The zero-order valence-electron chi connectivity index (χ0n) is 14.9. The highest BCUT2D eigenvalue weighted by Crippen LogP contribution is 2.56. The van der Waals surface area contributed by atoms with Crippen LogP contribution < -0.4 is 9.47 Å². The minimum absolute atomic E-state index is 0.122. The number of esters is 1. The molecule has 0 radical (unpaired) electrons. The van der Waals surface area contributed by atoms with Gasteiger partial charge in [0.25, 0.3) is 0 Å². The Morgan fingerprint density at radius 3 is 2.54 bits per heavy atom. The van der Waals surface area contributed by atoms with Crippen molar-refractivity contribution < 1.29 is 23.4 Å².